The summed E-state index contributed by atoms with van der Waals surface area (Å²) in [7, 11) is 0. The molecule has 0 heterocycles. The molecular formula is C15H11N. The summed E-state index contributed by atoms with van der Waals surface area (Å²) in [5, 5.41) is 9.01. The summed E-state index contributed by atoms with van der Waals surface area (Å²) in [6.07, 6.45) is 1.81. The molecule has 2 aromatic carbocycles. The minimum absolute atomic E-state index is 0.703. The SMILES string of the molecule is [CH2-][CH+]c1ccc(-c2ccccc2C#N)cc1. The van der Waals surface area contributed by atoms with E-state index < -0.39 is 0 Å². The van der Waals surface area contributed by atoms with Gasteiger partial charge in [0.25, 0.3) is 0 Å². The molecule has 0 unspecified atom stereocenters. The third-order valence-corrected chi connectivity index (χ3v) is 2.50. The van der Waals surface area contributed by atoms with Gasteiger partial charge in [0.15, 0.2) is 0 Å². The lowest BCUT2D eigenvalue weighted by Gasteiger charge is -2.02. The molecule has 1 heteroatoms. The van der Waals surface area contributed by atoms with Gasteiger partial charge in [-0.1, -0.05) is 18.2 Å². The van der Waals surface area contributed by atoms with Crippen molar-refractivity contribution in [1.82, 2.24) is 0 Å². The van der Waals surface area contributed by atoms with Crippen LogP contribution in [0.25, 0.3) is 11.1 Å². The zero-order valence-electron chi connectivity index (χ0n) is 8.85. The first-order valence-electron chi connectivity index (χ1n) is 5.07. The molecule has 0 saturated heterocycles. The molecule has 0 saturated carbocycles. The summed E-state index contributed by atoms with van der Waals surface area (Å²) in [5.74, 6) is 0. The van der Waals surface area contributed by atoms with Gasteiger partial charge in [0.05, 0.1) is 17.2 Å². The first-order chi connectivity index (χ1) is 7.85. The van der Waals surface area contributed by atoms with Crippen molar-refractivity contribution in [2.75, 3.05) is 0 Å². The van der Waals surface area contributed by atoms with Crippen molar-refractivity contribution in [1.29, 1.82) is 5.26 Å². The van der Waals surface area contributed by atoms with Crippen molar-refractivity contribution in [2.45, 2.75) is 0 Å². The molecule has 0 aliphatic rings. The van der Waals surface area contributed by atoms with Gasteiger partial charge in [0.2, 0.25) is 0 Å². The van der Waals surface area contributed by atoms with E-state index in [2.05, 4.69) is 13.0 Å². The largest absolute Gasteiger partial charge is 0.260 e. The Hall–Kier alpha value is -2.20. The quantitative estimate of drug-likeness (QED) is 0.687. The Kier molecular flexibility index (Phi) is 2.93. The Morgan fingerprint density at radius 1 is 1.00 bits per heavy atom. The maximum atomic E-state index is 9.01. The highest BCUT2D eigenvalue weighted by Crippen LogP contribution is 2.23. The average Bonchev–Trinajstić information content (AvgIpc) is 2.39. The van der Waals surface area contributed by atoms with Crippen LogP contribution >= 0.6 is 0 Å². The lowest BCUT2D eigenvalue weighted by atomic mass is 9.99. The Bertz CT molecular complexity index is 518. The third kappa shape index (κ3) is 1.92. The van der Waals surface area contributed by atoms with E-state index in [1.54, 1.807) is 6.42 Å². The summed E-state index contributed by atoms with van der Waals surface area (Å²) in [5.41, 5.74) is 3.82. The predicted molar refractivity (Wildman–Crippen MR) is 65.4 cm³/mol. The molecule has 76 valence electrons. The zero-order valence-corrected chi connectivity index (χ0v) is 8.85. The minimum Gasteiger partial charge on any atom is -0.260 e. The van der Waals surface area contributed by atoms with E-state index in [-0.39, 0.29) is 0 Å². The van der Waals surface area contributed by atoms with Gasteiger partial charge in [-0.2, -0.15) is 5.26 Å². The van der Waals surface area contributed by atoms with Crippen LogP contribution in [0.2, 0.25) is 0 Å². The molecule has 0 aromatic heterocycles. The number of hydrogen-bond acceptors (Lipinski definition) is 1. The fourth-order valence-corrected chi connectivity index (χ4v) is 1.63. The standard InChI is InChI=1S/C15H11N/c1-2-12-7-9-13(10-8-12)15-6-4-3-5-14(15)11-16/h2-10H,1H2. The molecule has 0 bridgehead atoms. The van der Waals surface area contributed by atoms with Crippen molar-refractivity contribution >= 4 is 0 Å². The van der Waals surface area contributed by atoms with E-state index in [4.69, 9.17) is 5.26 Å². The molecule has 0 fully saturated rings. The summed E-state index contributed by atoms with van der Waals surface area (Å²) in [4.78, 5) is 0. The normalized spacial score (nSPS) is 9.50. The van der Waals surface area contributed by atoms with E-state index in [9.17, 15) is 0 Å². The second kappa shape index (κ2) is 4.55. The maximum absolute atomic E-state index is 9.01. The first-order valence-corrected chi connectivity index (χ1v) is 5.07. The topological polar surface area (TPSA) is 23.8 Å². The van der Waals surface area contributed by atoms with Crippen LogP contribution in [0.5, 0.6) is 0 Å². The first kappa shape index (κ1) is 10.3. The smallest absolute Gasteiger partial charge is 0.0998 e. The summed E-state index contributed by atoms with van der Waals surface area (Å²) < 4.78 is 0. The second-order valence-corrected chi connectivity index (χ2v) is 3.48. The third-order valence-electron chi connectivity index (χ3n) is 2.50. The molecule has 0 aliphatic carbocycles. The zero-order chi connectivity index (χ0) is 11.4. The van der Waals surface area contributed by atoms with Crippen LogP contribution in [-0.4, -0.2) is 0 Å². The van der Waals surface area contributed by atoms with Crippen molar-refractivity contribution < 1.29 is 0 Å². The number of hydrogen-bond donors (Lipinski definition) is 0. The molecule has 16 heavy (non-hydrogen) atoms. The molecule has 0 aliphatic heterocycles. The highest BCUT2D eigenvalue weighted by atomic mass is 14.2. The van der Waals surface area contributed by atoms with Gasteiger partial charge in [-0.25, -0.2) is 0 Å². The molecule has 1 nitrogen and oxygen atoms in total. The van der Waals surface area contributed by atoms with E-state index in [0.717, 1.165) is 16.7 Å². The molecule has 0 atom stereocenters. The Labute approximate surface area is 96.0 Å². The van der Waals surface area contributed by atoms with Gasteiger partial charge in [-0.15, -0.1) is 6.42 Å². The average molecular weight is 205 g/mol. The number of nitrogens with zero attached hydrogens (tertiary/aromatic N) is 1. The lowest BCUT2D eigenvalue weighted by Crippen LogP contribution is -1.84. The summed E-state index contributed by atoms with van der Waals surface area (Å²) >= 11 is 0. The van der Waals surface area contributed by atoms with Crippen LogP contribution in [0.4, 0.5) is 0 Å². The lowest BCUT2D eigenvalue weighted by molar-refractivity contribution is 1.47. The highest BCUT2D eigenvalue weighted by molar-refractivity contribution is 5.70. The molecule has 2 rings (SSSR count). The molecule has 0 N–H and O–H groups in total. The summed E-state index contributed by atoms with van der Waals surface area (Å²) in [6.45, 7) is 3.71. The summed E-state index contributed by atoms with van der Waals surface area (Å²) in [6, 6.07) is 17.8. The van der Waals surface area contributed by atoms with Gasteiger partial charge in [-0.3, -0.25) is 6.92 Å². The van der Waals surface area contributed by atoms with Gasteiger partial charge >= 0.3 is 0 Å². The number of nitriles is 1. The monoisotopic (exact) mass is 205 g/mol. The Morgan fingerprint density at radius 2 is 1.69 bits per heavy atom. The van der Waals surface area contributed by atoms with Crippen molar-refractivity contribution in [3.63, 3.8) is 0 Å². The van der Waals surface area contributed by atoms with Crippen LogP contribution in [0, 0.1) is 24.7 Å². The van der Waals surface area contributed by atoms with Crippen molar-refractivity contribution in [3.05, 3.63) is 73.0 Å². The van der Waals surface area contributed by atoms with Crippen LogP contribution < -0.4 is 0 Å². The molecule has 2 aromatic rings. The molecular weight excluding hydrogens is 194 g/mol. The van der Waals surface area contributed by atoms with Crippen LogP contribution in [-0.2, 0) is 0 Å². The fraction of sp³-hybridized carbons (Fsp3) is 0. The van der Waals surface area contributed by atoms with E-state index >= 15 is 0 Å². The highest BCUT2D eigenvalue weighted by Gasteiger charge is 2.05. The molecule has 0 radical (unpaired) electrons. The van der Waals surface area contributed by atoms with E-state index in [0.29, 0.717) is 5.56 Å². The fourth-order valence-electron chi connectivity index (χ4n) is 1.63. The second-order valence-electron chi connectivity index (χ2n) is 3.48. The van der Waals surface area contributed by atoms with Gasteiger partial charge in [0.1, 0.15) is 0 Å². The van der Waals surface area contributed by atoms with Crippen molar-refractivity contribution in [2.24, 2.45) is 0 Å². The number of benzene rings is 2. The van der Waals surface area contributed by atoms with Gasteiger partial charge < -0.3 is 0 Å². The van der Waals surface area contributed by atoms with E-state index in [1.165, 1.54) is 0 Å². The van der Waals surface area contributed by atoms with E-state index in [1.807, 2.05) is 48.5 Å². The van der Waals surface area contributed by atoms with Crippen LogP contribution in [0.1, 0.15) is 11.1 Å². The Morgan fingerprint density at radius 3 is 2.31 bits per heavy atom. The number of rotatable bonds is 2. The van der Waals surface area contributed by atoms with Crippen LogP contribution in [0.15, 0.2) is 48.5 Å². The Balaban J connectivity index is 2.47. The molecule has 0 amide bonds. The maximum Gasteiger partial charge on any atom is 0.0998 e. The van der Waals surface area contributed by atoms with Gasteiger partial charge in [-0.05, 0) is 6.07 Å². The predicted octanol–water partition coefficient (Wildman–Crippen LogP) is 3.61. The van der Waals surface area contributed by atoms with Crippen molar-refractivity contribution in [3.8, 4) is 17.2 Å². The van der Waals surface area contributed by atoms with Crippen LogP contribution in [0.3, 0.4) is 0 Å². The minimum atomic E-state index is 0.703. The van der Waals surface area contributed by atoms with Gasteiger partial charge in [0, 0.05) is 35.4 Å². The molecule has 0 spiro atoms.